The summed E-state index contributed by atoms with van der Waals surface area (Å²) < 4.78 is 36.0. The molecule has 0 radical (unpaired) electrons. The molecule has 4 aliphatic rings. The van der Waals surface area contributed by atoms with Crippen LogP contribution in [-0.2, 0) is 28.4 Å². The molecule has 1 saturated carbocycles. The predicted octanol–water partition coefficient (Wildman–Crippen LogP) is -6.31. The Balaban J connectivity index is 1.51. The van der Waals surface area contributed by atoms with E-state index in [2.05, 4.69) is 5.32 Å². The van der Waals surface area contributed by atoms with Crippen molar-refractivity contribution < 1.29 is 64.2 Å². The molecule has 1 aliphatic carbocycles. The van der Waals surface area contributed by atoms with Gasteiger partial charge in [-0.1, -0.05) is 0 Å². The number of hydrogen-bond donors (Lipinski definition) is 13. The van der Waals surface area contributed by atoms with Gasteiger partial charge in [0, 0.05) is 12.6 Å². The third-order valence-electron chi connectivity index (χ3n) is 9.64. The first-order valence-corrected chi connectivity index (χ1v) is 17.1. The highest BCUT2D eigenvalue weighted by atomic mass is 16.8. The highest BCUT2D eigenvalue weighted by Crippen LogP contribution is 2.37. The fraction of sp³-hybridized carbons (Fsp3) is 0.933. The van der Waals surface area contributed by atoms with Gasteiger partial charge in [0.25, 0.3) is 0 Å². The summed E-state index contributed by atoms with van der Waals surface area (Å²) in [5.41, 5.74) is 30.3. The maximum atomic E-state index is 11.6. The van der Waals surface area contributed by atoms with E-state index in [9.17, 15) is 35.7 Å². The van der Waals surface area contributed by atoms with Gasteiger partial charge in [0.1, 0.15) is 54.6 Å². The van der Waals surface area contributed by atoms with Crippen molar-refractivity contribution >= 4 is 0 Å². The molecule has 19 heteroatoms. The Labute approximate surface area is 285 Å². The lowest BCUT2D eigenvalue weighted by Crippen LogP contribution is -2.64. The SMILES string of the molecule is NCCCNCC1=CC[C@@H](N)[C@@H](O[C@H]2[C@H](O[C@@H]3O[C@H](CO)[C@@H](O[C@H]4O[C@@H](CN)[C@@H](O)[C@H](O)[C@H]4N)[C@H]3O)[C@@H](O)[C@H](CCC(O)CO)C[C@@H]2N)O1. The van der Waals surface area contributed by atoms with Gasteiger partial charge in [0.2, 0.25) is 6.29 Å². The van der Waals surface area contributed by atoms with E-state index in [1.807, 2.05) is 6.08 Å². The average Bonchev–Trinajstić information content (AvgIpc) is 3.39. The van der Waals surface area contributed by atoms with Gasteiger partial charge in [-0.05, 0) is 57.2 Å². The summed E-state index contributed by atoms with van der Waals surface area (Å²) in [4.78, 5) is 0. The smallest absolute Gasteiger partial charge is 0.215 e. The molecule has 0 spiro atoms. The number of nitrogens with two attached hydrogens (primary N) is 5. The summed E-state index contributed by atoms with van der Waals surface area (Å²) >= 11 is 0. The molecule has 1 unspecified atom stereocenters. The molecule has 18 N–H and O–H groups in total. The van der Waals surface area contributed by atoms with Crippen molar-refractivity contribution in [1.29, 1.82) is 0 Å². The molecular weight excluding hydrogens is 652 g/mol. The summed E-state index contributed by atoms with van der Waals surface area (Å²) in [6, 6.07) is -2.54. The minimum atomic E-state index is -1.57. The molecule has 0 bridgehead atoms. The zero-order valence-electron chi connectivity index (χ0n) is 27.6. The van der Waals surface area contributed by atoms with Gasteiger partial charge in [-0.2, -0.15) is 0 Å². The molecule has 286 valence electrons. The molecule has 2 saturated heterocycles. The third kappa shape index (κ3) is 10.0. The van der Waals surface area contributed by atoms with Crippen LogP contribution in [-0.4, -0.2) is 173 Å². The highest BCUT2D eigenvalue weighted by molar-refractivity contribution is 5.04. The summed E-state index contributed by atoms with van der Waals surface area (Å²) in [5, 5.41) is 76.3. The zero-order valence-corrected chi connectivity index (χ0v) is 27.6. The maximum Gasteiger partial charge on any atom is 0.215 e. The Bertz CT molecular complexity index is 1020. The topological polar surface area (TPSA) is 339 Å². The minimum absolute atomic E-state index is 0.155. The van der Waals surface area contributed by atoms with E-state index in [1.165, 1.54) is 0 Å². The van der Waals surface area contributed by atoms with Crippen molar-refractivity contribution in [2.45, 2.75) is 130 Å². The van der Waals surface area contributed by atoms with Crippen LogP contribution in [0.2, 0.25) is 0 Å². The van der Waals surface area contributed by atoms with E-state index in [-0.39, 0.29) is 25.8 Å². The molecule has 3 heterocycles. The number of aliphatic hydroxyl groups is 7. The van der Waals surface area contributed by atoms with Crippen LogP contribution >= 0.6 is 0 Å². The predicted molar refractivity (Wildman–Crippen MR) is 171 cm³/mol. The van der Waals surface area contributed by atoms with Gasteiger partial charge < -0.3 is 98.2 Å². The molecule has 49 heavy (non-hydrogen) atoms. The fourth-order valence-electron chi connectivity index (χ4n) is 6.66. The van der Waals surface area contributed by atoms with E-state index < -0.39 is 117 Å². The first-order valence-electron chi connectivity index (χ1n) is 17.1. The van der Waals surface area contributed by atoms with Crippen molar-refractivity contribution in [2.24, 2.45) is 34.6 Å². The van der Waals surface area contributed by atoms with Gasteiger partial charge in [0.15, 0.2) is 12.6 Å². The monoisotopic (exact) mass is 710 g/mol. The van der Waals surface area contributed by atoms with Crippen LogP contribution in [0.5, 0.6) is 0 Å². The Morgan fingerprint density at radius 2 is 1.53 bits per heavy atom. The third-order valence-corrected chi connectivity index (χ3v) is 9.64. The molecule has 19 nitrogen and oxygen atoms in total. The van der Waals surface area contributed by atoms with Crippen LogP contribution in [0.25, 0.3) is 0 Å². The van der Waals surface area contributed by atoms with Crippen molar-refractivity contribution in [3.63, 3.8) is 0 Å². The Kier molecular flexibility index (Phi) is 15.8. The molecule has 0 aromatic heterocycles. The lowest BCUT2D eigenvalue weighted by Gasteiger charge is -2.46. The minimum Gasteiger partial charge on any atom is -0.467 e. The van der Waals surface area contributed by atoms with Crippen LogP contribution in [0, 0.1) is 5.92 Å². The van der Waals surface area contributed by atoms with Crippen LogP contribution in [0.3, 0.4) is 0 Å². The Morgan fingerprint density at radius 3 is 2.20 bits per heavy atom. The lowest BCUT2D eigenvalue weighted by atomic mass is 9.77. The summed E-state index contributed by atoms with van der Waals surface area (Å²) in [6.45, 7) is 0.428. The second-order valence-corrected chi connectivity index (χ2v) is 13.3. The molecule has 0 aromatic rings. The number of nitrogens with one attached hydrogen (secondary N) is 1. The van der Waals surface area contributed by atoms with Crippen molar-refractivity contribution in [2.75, 3.05) is 39.4 Å². The van der Waals surface area contributed by atoms with E-state index in [4.69, 9.17) is 57.1 Å². The van der Waals surface area contributed by atoms with E-state index >= 15 is 0 Å². The normalized spacial score (nSPS) is 43.6. The van der Waals surface area contributed by atoms with E-state index in [1.54, 1.807) is 0 Å². The van der Waals surface area contributed by atoms with E-state index in [0.29, 0.717) is 31.8 Å². The maximum absolute atomic E-state index is 11.6. The Morgan fingerprint density at radius 1 is 0.837 bits per heavy atom. The van der Waals surface area contributed by atoms with Gasteiger partial charge in [-0.15, -0.1) is 0 Å². The number of aliphatic hydroxyl groups excluding tert-OH is 7. The molecule has 0 amide bonds. The van der Waals surface area contributed by atoms with Crippen LogP contribution in [0.15, 0.2) is 11.8 Å². The lowest BCUT2D eigenvalue weighted by molar-refractivity contribution is -0.283. The van der Waals surface area contributed by atoms with Crippen molar-refractivity contribution in [3.05, 3.63) is 11.8 Å². The Hall–Kier alpha value is -1.18. The number of hydrogen-bond acceptors (Lipinski definition) is 19. The van der Waals surface area contributed by atoms with Crippen LogP contribution in [0.1, 0.15) is 32.1 Å². The highest BCUT2D eigenvalue weighted by Gasteiger charge is 2.53. The zero-order chi connectivity index (χ0) is 35.8. The first kappa shape index (κ1) is 40.6. The van der Waals surface area contributed by atoms with Crippen LogP contribution < -0.4 is 34.0 Å². The molecule has 3 fully saturated rings. The number of rotatable bonds is 17. The van der Waals surface area contributed by atoms with Crippen molar-refractivity contribution in [1.82, 2.24) is 5.32 Å². The molecule has 17 atom stereocenters. The second kappa shape index (κ2) is 19.1. The summed E-state index contributed by atoms with van der Waals surface area (Å²) in [7, 11) is 0. The number of ether oxygens (including phenoxy) is 6. The first-order chi connectivity index (χ1) is 23.4. The van der Waals surface area contributed by atoms with Crippen LogP contribution in [0.4, 0.5) is 0 Å². The van der Waals surface area contributed by atoms with Gasteiger partial charge in [-0.25, -0.2) is 0 Å². The summed E-state index contributed by atoms with van der Waals surface area (Å²) in [6.07, 6.45) is -12.3. The van der Waals surface area contributed by atoms with Gasteiger partial charge in [0.05, 0.1) is 44.1 Å². The average molecular weight is 711 g/mol. The fourth-order valence-corrected chi connectivity index (χ4v) is 6.66. The quantitative estimate of drug-likeness (QED) is 0.0624. The van der Waals surface area contributed by atoms with Crippen molar-refractivity contribution in [3.8, 4) is 0 Å². The van der Waals surface area contributed by atoms with Gasteiger partial charge in [-0.3, -0.25) is 0 Å². The summed E-state index contributed by atoms with van der Waals surface area (Å²) in [5.74, 6) is 0.109. The molecule has 4 rings (SSSR count). The standard InChI is InChI=1S/C30H58N6O13/c31-6-1-7-36-10-15-4-5-16(33)28(44-15)47-25-17(34)8-13(2-3-14(39)11-37)21(40)27(25)49-30-24(43)26(19(12-38)46-30)48-29-20(35)23(42)22(41)18(9-32)45-29/h4,13-14,16-30,36-43H,1-3,5-12,31-35H2/t13-,14?,16-,17+,18+,19-,20-,21+,22-,23-,24-,25-,26-,27-,28-,29-,30+/m1/s1. The molecular formula is C30H58N6O13. The molecule has 0 aromatic carbocycles. The molecule has 3 aliphatic heterocycles. The van der Waals surface area contributed by atoms with E-state index in [0.717, 1.165) is 6.42 Å². The van der Waals surface area contributed by atoms with Gasteiger partial charge >= 0.3 is 0 Å². The largest absolute Gasteiger partial charge is 0.467 e. The second-order valence-electron chi connectivity index (χ2n) is 13.3.